The second-order valence-corrected chi connectivity index (χ2v) is 3.90. The van der Waals surface area contributed by atoms with Crippen LogP contribution in [-0.2, 0) is 0 Å². The van der Waals surface area contributed by atoms with E-state index in [0.717, 1.165) is 0 Å². The number of likely N-dealkylation sites (tertiary alicyclic amines) is 1. The average Bonchev–Trinajstić information content (AvgIpc) is 2.51. The first-order valence-electron chi connectivity index (χ1n) is 4.90. The molecule has 0 bridgehead atoms. The van der Waals surface area contributed by atoms with Crippen LogP contribution in [0.1, 0.15) is 30.1 Å². The number of rotatable bonds is 1. The standard InChI is InChI=1S/C11H16N2/c1-9-5-6-12-10(8-9)11-4-3-7-13(11)2/h5-6,8,11H,3-4,7H2,1-2H3/t11-/m0/s1. The van der Waals surface area contributed by atoms with Gasteiger partial charge in [0.1, 0.15) is 0 Å². The van der Waals surface area contributed by atoms with Crippen molar-refractivity contribution in [1.82, 2.24) is 9.88 Å². The van der Waals surface area contributed by atoms with E-state index in [-0.39, 0.29) is 0 Å². The monoisotopic (exact) mass is 176 g/mol. The molecule has 2 heteroatoms. The molecule has 1 saturated heterocycles. The van der Waals surface area contributed by atoms with Crippen LogP contribution in [0, 0.1) is 6.92 Å². The molecule has 1 aliphatic rings. The Bertz CT molecular complexity index is 296. The highest BCUT2D eigenvalue weighted by atomic mass is 15.2. The molecule has 0 N–H and O–H groups in total. The van der Waals surface area contributed by atoms with Crippen LogP contribution in [0.4, 0.5) is 0 Å². The third-order valence-corrected chi connectivity index (χ3v) is 2.80. The minimum atomic E-state index is 0.555. The predicted molar refractivity (Wildman–Crippen MR) is 53.6 cm³/mol. The quantitative estimate of drug-likeness (QED) is 0.652. The van der Waals surface area contributed by atoms with E-state index in [2.05, 4.69) is 36.0 Å². The first kappa shape index (κ1) is 8.70. The van der Waals surface area contributed by atoms with Gasteiger partial charge < -0.3 is 0 Å². The lowest BCUT2D eigenvalue weighted by atomic mass is 10.1. The maximum Gasteiger partial charge on any atom is 0.0577 e. The number of nitrogens with zero attached hydrogens (tertiary/aromatic N) is 2. The number of hydrogen-bond donors (Lipinski definition) is 0. The molecule has 1 fully saturated rings. The lowest BCUT2D eigenvalue weighted by molar-refractivity contribution is 0.312. The Morgan fingerprint density at radius 1 is 1.54 bits per heavy atom. The topological polar surface area (TPSA) is 16.1 Å². The van der Waals surface area contributed by atoms with Crippen LogP contribution >= 0.6 is 0 Å². The third-order valence-electron chi connectivity index (χ3n) is 2.80. The van der Waals surface area contributed by atoms with Gasteiger partial charge in [0.2, 0.25) is 0 Å². The van der Waals surface area contributed by atoms with Crippen LogP contribution in [-0.4, -0.2) is 23.5 Å². The van der Waals surface area contributed by atoms with Gasteiger partial charge in [-0.05, 0) is 51.1 Å². The maximum atomic E-state index is 4.43. The lowest BCUT2D eigenvalue weighted by Crippen LogP contribution is -2.18. The van der Waals surface area contributed by atoms with Gasteiger partial charge in [0.15, 0.2) is 0 Å². The summed E-state index contributed by atoms with van der Waals surface area (Å²) in [6, 6.07) is 4.81. The fraction of sp³-hybridized carbons (Fsp3) is 0.545. The maximum absolute atomic E-state index is 4.43. The zero-order valence-corrected chi connectivity index (χ0v) is 8.33. The number of aromatic nitrogens is 1. The van der Waals surface area contributed by atoms with Crippen molar-refractivity contribution in [2.75, 3.05) is 13.6 Å². The van der Waals surface area contributed by atoms with Crippen molar-refractivity contribution < 1.29 is 0 Å². The molecule has 0 saturated carbocycles. The van der Waals surface area contributed by atoms with E-state index in [1.165, 1.54) is 30.6 Å². The Hall–Kier alpha value is -0.890. The minimum Gasteiger partial charge on any atom is -0.298 e. The summed E-state index contributed by atoms with van der Waals surface area (Å²) in [5.74, 6) is 0. The van der Waals surface area contributed by atoms with Crippen LogP contribution < -0.4 is 0 Å². The summed E-state index contributed by atoms with van der Waals surface area (Å²) in [7, 11) is 2.18. The van der Waals surface area contributed by atoms with Gasteiger partial charge in [-0.3, -0.25) is 9.88 Å². The summed E-state index contributed by atoms with van der Waals surface area (Å²) < 4.78 is 0. The molecular formula is C11H16N2. The van der Waals surface area contributed by atoms with E-state index < -0.39 is 0 Å². The Balaban J connectivity index is 2.24. The van der Waals surface area contributed by atoms with Gasteiger partial charge in [0.05, 0.1) is 11.7 Å². The van der Waals surface area contributed by atoms with Crippen LogP contribution in [0.5, 0.6) is 0 Å². The van der Waals surface area contributed by atoms with E-state index >= 15 is 0 Å². The summed E-state index contributed by atoms with van der Waals surface area (Å²) in [5.41, 5.74) is 2.55. The third kappa shape index (κ3) is 1.73. The molecule has 1 atom stereocenters. The molecule has 2 nitrogen and oxygen atoms in total. The van der Waals surface area contributed by atoms with E-state index in [4.69, 9.17) is 0 Å². The van der Waals surface area contributed by atoms with E-state index in [1.807, 2.05) is 6.20 Å². The SMILES string of the molecule is Cc1ccnc([C@@H]2CCCN2C)c1. The minimum absolute atomic E-state index is 0.555. The van der Waals surface area contributed by atoms with Gasteiger partial charge in [0.25, 0.3) is 0 Å². The number of hydrogen-bond acceptors (Lipinski definition) is 2. The summed E-state index contributed by atoms with van der Waals surface area (Å²) in [4.78, 5) is 6.82. The zero-order valence-electron chi connectivity index (χ0n) is 8.33. The van der Waals surface area contributed by atoms with Crippen molar-refractivity contribution in [2.24, 2.45) is 0 Å². The highest BCUT2D eigenvalue weighted by Crippen LogP contribution is 2.28. The van der Waals surface area contributed by atoms with Crippen molar-refractivity contribution >= 4 is 0 Å². The van der Waals surface area contributed by atoms with Crippen LogP contribution in [0.25, 0.3) is 0 Å². The van der Waals surface area contributed by atoms with Crippen molar-refractivity contribution in [3.05, 3.63) is 29.6 Å². The molecule has 1 aromatic heterocycles. The molecule has 0 amide bonds. The Morgan fingerprint density at radius 2 is 2.38 bits per heavy atom. The van der Waals surface area contributed by atoms with Crippen molar-refractivity contribution in [3.63, 3.8) is 0 Å². The largest absolute Gasteiger partial charge is 0.298 e. The highest BCUT2D eigenvalue weighted by molar-refractivity contribution is 5.17. The smallest absolute Gasteiger partial charge is 0.0577 e. The molecule has 0 aromatic carbocycles. The van der Waals surface area contributed by atoms with Gasteiger partial charge in [-0.25, -0.2) is 0 Å². The van der Waals surface area contributed by atoms with Gasteiger partial charge in [-0.15, -0.1) is 0 Å². The fourth-order valence-electron chi connectivity index (χ4n) is 2.03. The molecule has 0 aliphatic carbocycles. The van der Waals surface area contributed by atoms with Crippen LogP contribution in [0.15, 0.2) is 18.3 Å². The Labute approximate surface area is 79.6 Å². The first-order valence-corrected chi connectivity index (χ1v) is 4.90. The molecular weight excluding hydrogens is 160 g/mol. The first-order chi connectivity index (χ1) is 6.27. The summed E-state index contributed by atoms with van der Waals surface area (Å²) in [5, 5.41) is 0. The van der Waals surface area contributed by atoms with E-state index in [1.54, 1.807) is 0 Å². The Kier molecular flexibility index (Phi) is 2.32. The molecule has 0 unspecified atom stereocenters. The average molecular weight is 176 g/mol. The molecule has 2 rings (SSSR count). The zero-order chi connectivity index (χ0) is 9.26. The molecule has 0 spiro atoms. The molecule has 13 heavy (non-hydrogen) atoms. The predicted octanol–water partition coefficient (Wildman–Crippen LogP) is 2.16. The normalized spacial score (nSPS) is 23.7. The van der Waals surface area contributed by atoms with Crippen molar-refractivity contribution in [3.8, 4) is 0 Å². The molecule has 70 valence electrons. The van der Waals surface area contributed by atoms with Crippen LogP contribution in [0.3, 0.4) is 0 Å². The second kappa shape index (κ2) is 3.46. The van der Waals surface area contributed by atoms with Crippen molar-refractivity contribution in [2.45, 2.75) is 25.8 Å². The fourth-order valence-corrected chi connectivity index (χ4v) is 2.03. The second-order valence-electron chi connectivity index (χ2n) is 3.90. The number of aryl methyl sites for hydroxylation is 1. The molecule has 0 radical (unpaired) electrons. The number of pyridine rings is 1. The van der Waals surface area contributed by atoms with Crippen LogP contribution in [0.2, 0.25) is 0 Å². The summed E-state index contributed by atoms with van der Waals surface area (Å²) in [6.07, 6.45) is 4.47. The van der Waals surface area contributed by atoms with Gasteiger partial charge in [0, 0.05) is 6.20 Å². The lowest BCUT2D eigenvalue weighted by Gasteiger charge is -2.18. The Morgan fingerprint density at radius 3 is 3.00 bits per heavy atom. The molecule has 1 aliphatic heterocycles. The van der Waals surface area contributed by atoms with Gasteiger partial charge in [-0.2, -0.15) is 0 Å². The van der Waals surface area contributed by atoms with E-state index in [0.29, 0.717) is 6.04 Å². The molecule has 1 aromatic rings. The van der Waals surface area contributed by atoms with Gasteiger partial charge >= 0.3 is 0 Å². The van der Waals surface area contributed by atoms with E-state index in [9.17, 15) is 0 Å². The van der Waals surface area contributed by atoms with Gasteiger partial charge in [-0.1, -0.05) is 0 Å². The van der Waals surface area contributed by atoms with Crippen molar-refractivity contribution in [1.29, 1.82) is 0 Å². The summed E-state index contributed by atoms with van der Waals surface area (Å²) >= 11 is 0. The molecule has 2 heterocycles. The highest BCUT2D eigenvalue weighted by Gasteiger charge is 2.23. The summed E-state index contributed by atoms with van der Waals surface area (Å²) in [6.45, 7) is 3.33.